The first-order valence-electron chi connectivity index (χ1n) is 11.4. The Morgan fingerprint density at radius 2 is 1.89 bits per heavy atom. The van der Waals surface area contributed by atoms with Crippen LogP contribution >= 0.6 is 0 Å². The van der Waals surface area contributed by atoms with Crippen LogP contribution in [0.25, 0.3) is 22.6 Å². The number of sulfone groups is 1. The zero-order valence-electron chi connectivity index (χ0n) is 18.9. The molecule has 1 amide bonds. The van der Waals surface area contributed by atoms with Crippen molar-refractivity contribution in [3.05, 3.63) is 70.9 Å². The van der Waals surface area contributed by atoms with E-state index in [9.17, 15) is 23.1 Å². The molecule has 1 atom stereocenters. The number of aromatic nitrogens is 1. The number of pyridine rings is 1. The standard InChI is InChI=1S/C26H24N2O6S/c29-19-8-5-16(6-9-19)13-17-7-10-21-24(20-3-1-2-4-22(20)28-25(17)21)26(31)34-14-23(30)27-18-11-12-35(32,33)15-18/h1-6,8-9,13,18,29H,7,10-12,14-15H2,(H,27,30). The van der Waals surface area contributed by atoms with Crippen LogP contribution < -0.4 is 5.32 Å². The number of nitrogens with zero attached hydrogens (tertiary/aromatic N) is 1. The number of esters is 1. The van der Waals surface area contributed by atoms with Gasteiger partial charge in [-0.1, -0.05) is 30.3 Å². The van der Waals surface area contributed by atoms with E-state index in [2.05, 4.69) is 5.32 Å². The van der Waals surface area contributed by atoms with E-state index in [0.717, 1.165) is 22.4 Å². The number of phenols is 1. The molecule has 35 heavy (non-hydrogen) atoms. The maximum atomic E-state index is 13.2. The predicted octanol–water partition coefficient (Wildman–Crippen LogP) is 2.89. The predicted molar refractivity (Wildman–Crippen MR) is 132 cm³/mol. The quantitative estimate of drug-likeness (QED) is 0.525. The molecule has 8 nitrogen and oxygen atoms in total. The third kappa shape index (κ3) is 4.90. The fourth-order valence-electron chi connectivity index (χ4n) is 4.67. The van der Waals surface area contributed by atoms with Crippen molar-refractivity contribution in [2.24, 2.45) is 0 Å². The van der Waals surface area contributed by atoms with Crippen molar-refractivity contribution >= 4 is 44.3 Å². The van der Waals surface area contributed by atoms with Crippen LogP contribution in [-0.2, 0) is 25.8 Å². The number of carbonyl (C=O) groups excluding carboxylic acids is 2. The van der Waals surface area contributed by atoms with E-state index in [0.29, 0.717) is 35.7 Å². The lowest BCUT2D eigenvalue weighted by Gasteiger charge is -2.14. The van der Waals surface area contributed by atoms with Crippen LogP contribution in [0.15, 0.2) is 48.5 Å². The molecule has 2 N–H and O–H groups in total. The van der Waals surface area contributed by atoms with E-state index >= 15 is 0 Å². The molecule has 2 aliphatic rings. The molecule has 2 heterocycles. The lowest BCUT2D eigenvalue weighted by Crippen LogP contribution is -2.38. The van der Waals surface area contributed by atoms with Gasteiger partial charge < -0.3 is 15.2 Å². The van der Waals surface area contributed by atoms with Gasteiger partial charge in [0.15, 0.2) is 16.4 Å². The van der Waals surface area contributed by atoms with Crippen molar-refractivity contribution in [1.82, 2.24) is 10.3 Å². The van der Waals surface area contributed by atoms with Crippen LogP contribution in [0.3, 0.4) is 0 Å². The molecule has 1 aliphatic heterocycles. The SMILES string of the molecule is O=C(COC(=O)c1c2c(nc3ccccc13)C(=Cc1ccc(O)cc1)CC2)NC1CCS(=O)(=O)C1. The summed E-state index contributed by atoms with van der Waals surface area (Å²) in [6.07, 6.45) is 3.65. The summed E-state index contributed by atoms with van der Waals surface area (Å²) in [6, 6.07) is 13.7. The normalized spacial score (nSPS) is 19.5. The van der Waals surface area contributed by atoms with Crippen LogP contribution in [0, 0.1) is 0 Å². The molecule has 5 rings (SSSR count). The number of amides is 1. The Kier molecular flexibility index (Phi) is 6.02. The van der Waals surface area contributed by atoms with Gasteiger partial charge in [0.2, 0.25) is 0 Å². The van der Waals surface area contributed by atoms with Gasteiger partial charge in [0.05, 0.1) is 28.3 Å². The molecular weight excluding hydrogens is 468 g/mol. The molecule has 1 unspecified atom stereocenters. The Bertz CT molecular complexity index is 1460. The van der Waals surface area contributed by atoms with Crippen LogP contribution in [0.5, 0.6) is 5.75 Å². The first-order valence-corrected chi connectivity index (χ1v) is 13.2. The molecule has 2 aromatic carbocycles. The number of aromatic hydroxyl groups is 1. The number of rotatable bonds is 5. The number of fused-ring (bicyclic) bond motifs is 2. The number of benzene rings is 2. The molecule has 0 radical (unpaired) electrons. The van der Waals surface area contributed by atoms with Crippen molar-refractivity contribution in [1.29, 1.82) is 0 Å². The Morgan fingerprint density at radius 1 is 1.11 bits per heavy atom. The van der Waals surface area contributed by atoms with Gasteiger partial charge >= 0.3 is 5.97 Å². The van der Waals surface area contributed by atoms with Crippen molar-refractivity contribution in [2.75, 3.05) is 18.1 Å². The summed E-state index contributed by atoms with van der Waals surface area (Å²) < 4.78 is 28.6. The Hall–Kier alpha value is -3.72. The van der Waals surface area contributed by atoms with Gasteiger partial charge in [0, 0.05) is 11.4 Å². The van der Waals surface area contributed by atoms with Gasteiger partial charge in [-0.15, -0.1) is 0 Å². The van der Waals surface area contributed by atoms with E-state index < -0.39 is 34.4 Å². The van der Waals surface area contributed by atoms with E-state index in [1.54, 1.807) is 12.1 Å². The average Bonchev–Trinajstić information content (AvgIpc) is 3.39. The van der Waals surface area contributed by atoms with E-state index in [-0.39, 0.29) is 17.3 Å². The number of ether oxygens (including phenoxy) is 1. The summed E-state index contributed by atoms with van der Waals surface area (Å²) in [4.78, 5) is 30.3. The van der Waals surface area contributed by atoms with Crippen molar-refractivity contribution in [3.8, 4) is 5.75 Å². The number of phenolic OH excluding ortho intramolecular Hbond substituents is 1. The molecule has 1 fully saturated rings. The lowest BCUT2D eigenvalue weighted by atomic mass is 10.0. The van der Waals surface area contributed by atoms with Crippen molar-refractivity contribution in [2.45, 2.75) is 25.3 Å². The Morgan fingerprint density at radius 3 is 2.63 bits per heavy atom. The van der Waals surface area contributed by atoms with Crippen LogP contribution in [0.2, 0.25) is 0 Å². The van der Waals surface area contributed by atoms with E-state index in [4.69, 9.17) is 9.72 Å². The first kappa shape index (κ1) is 23.0. The number of hydrogen-bond acceptors (Lipinski definition) is 7. The van der Waals surface area contributed by atoms with Crippen LogP contribution in [0.1, 0.15) is 40.0 Å². The van der Waals surface area contributed by atoms with E-state index in [1.165, 1.54) is 0 Å². The zero-order chi connectivity index (χ0) is 24.6. The summed E-state index contributed by atoms with van der Waals surface area (Å²) in [5.74, 6) is -0.993. The molecule has 1 saturated heterocycles. The lowest BCUT2D eigenvalue weighted by molar-refractivity contribution is -0.124. The molecule has 1 aliphatic carbocycles. The minimum Gasteiger partial charge on any atom is -0.508 e. The molecule has 1 aromatic heterocycles. The topological polar surface area (TPSA) is 123 Å². The van der Waals surface area contributed by atoms with Crippen molar-refractivity contribution in [3.63, 3.8) is 0 Å². The maximum absolute atomic E-state index is 13.2. The number of para-hydroxylation sites is 1. The van der Waals surface area contributed by atoms with Gasteiger partial charge in [0.1, 0.15) is 5.75 Å². The molecule has 0 saturated carbocycles. The monoisotopic (exact) mass is 492 g/mol. The van der Waals surface area contributed by atoms with Crippen molar-refractivity contribution < 1.29 is 27.9 Å². The maximum Gasteiger partial charge on any atom is 0.339 e. The highest BCUT2D eigenvalue weighted by Crippen LogP contribution is 2.37. The summed E-state index contributed by atoms with van der Waals surface area (Å²) in [5, 5.41) is 12.8. The molecule has 180 valence electrons. The largest absolute Gasteiger partial charge is 0.508 e. The summed E-state index contributed by atoms with van der Waals surface area (Å²) >= 11 is 0. The fourth-order valence-corrected chi connectivity index (χ4v) is 6.34. The fraction of sp³-hybridized carbons (Fsp3) is 0.269. The highest BCUT2D eigenvalue weighted by molar-refractivity contribution is 7.91. The number of allylic oxidation sites excluding steroid dienone is 1. The minimum absolute atomic E-state index is 0.0485. The molecule has 0 bridgehead atoms. The third-order valence-corrected chi connectivity index (χ3v) is 8.08. The van der Waals surface area contributed by atoms with Gasteiger partial charge in [-0.25, -0.2) is 18.2 Å². The highest BCUT2D eigenvalue weighted by atomic mass is 32.2. The van der Waals surface area contributed by atoms with Crippen LogP contribution in [-0.4, -0.2) is 54.5 Å². The van der Waals surface area contributed by atoms with E-state index in [1.807, 2.05) is 42.5 Å². The molecular formula is C26H24N2O6S. The minimum atomic E-state index is -3.12. The van der Waals surface area contributed by atoms with Gasteiger partial charge in [0.25, 0.3) is 5.91 Å². The van der Waals surface area contributed by atoms with Gasteiger partial charge in [-0.3, -0.25) is 4.79 Å². The smallest absolute Gasteiger partial charge is 0.339 e. The Labute approximate surface area is 202 Å². The second-order valence-corrected chi connectivity index (χ2v) is 11.1. The summed E-state index contributed by atoms with van der Waals surface area (Å²) in [6.45, 7) is -0.489. The zero-order valence-corrected chi connectivity index (χ0v) is 19.7. The number of hydrogen-bond donors (Lipinski definition) is 2. The summed E-state index contributed by atoms with van der Waals surface area (Å²) in [7, 11) is -3.12. The molecule has 0 spiro atoms. The van der Waals surface area contributed by atoms with Gasteiger partial charge in [-0.05, 0) is 60.2 Å². The number of nitrogens with one attached hydrogen (secondary N) is 1. The second kappa shape index (κ2) is 9.14. The summed E-state index contributed by atoms with van der Waals surface area (Å²) in [5.41, 5.74) is 4.44. The average molecular weight is 493 g/mol. The molecule has 3 aromatic rings. The highest BCUT2D eigenvalue weighted by Gasteiger charge is 2.30. The van der Waals surface area contributed by atoms with Gasteiger partial charge in [-0.2, -0.15) is 0 Å². The van der Waals surface area contributed by atoms with Crippen LogP contribution in [0.4, 0.5) is 0 Å². The third-order valence-electron chi connectivity index (χ3n) is 6.31. The second-order valence-electron chi connectivity index (χ2n) is 8.84. The molecule has 9 heteroatoms. The number of carbonyl (C=O) groups is 2. The Balaban J connectivity index is 1.40. The first-order chi connectivity index (χ1) is 16.8.